The Labute approximate surface area is 129 Å². The zero-order valence-corrected chi connectivity index (χ0v) is 14.0. The lowest BCUT2D eigenvalue weighted by Crippen LogP contribution is -2.14. The Kier molecular flexibility index (Phi) is 4.84. The molecule has 0 saturated carbocycles. The molecule has 2 aromatic carbocycles. The van der Waals surface area contributed by atoms with Gasteiger partial charge in [0, 0.05) is 28.9 Å². The third-order valence-corrected chi connectivity index (χ3v) is 4.38. The third kappa shape index (κ3) is 3.22. The molecule has 20 heavy (non-hydrogen) atoms. The van der Waals surface area contributed by atoms with Crippen molar-refractivity contribution in [1.29, 1.82) is 0 Å². The van der Waals surface area contributed by atoms with Crippen LogP contribution in [-0.2, 0) is 0 Å². The number of benzene rings is 2. The maximum Gasteiger partial charge on any atom is 0.0419 e. The van der Waals surface area contributed by atoms with E-state index in [4.69, 9.17) is 0 Å². The van der Waals surface area contributed by atoms with Gasteiger partial charge in [0.1, 0.15) is 0 Å². The Morgan fingerprint density at radius 1 is 1.05 bits per heavy atom. The van der Waals surface area contributed by atoms with Crippen molar-refractivity contribution >= 4 is 27.3 Å². The smallest absolute Gasteiger partial charge is 0.0419 e. The van der Waals surface area contributed by atoms with E-state index in [1.54, 1.807) is 0 Å². The normalized spacial score (nSPS) is 12.2. The lowest BCUT2D eigenvalue weighted by Gasteiger charge is -2.22. The van der Waals surface area contributed by atoms with Crippen molar-refractivity contribution in [3.05, 3.63) is 58.1 Å². The minimum absolute atomic E-state index is 0.336. The fourth-order valence-electron chi connectivity index (χ4n) is 2.15. The van der Waals surface area contributed by atoms with E-state index in [-0.39, 0.29) is 0 Å². The van der Waals surface area contributed by atoms with Crippen molar-refractivity contribution in [2.24, 2.45) is 0 Å². The van der Waals surface area contributed by atoms with Crippen molar-refractivity contribution in [3.63, 3.8) is 0 Å². The molecule has 1 N–H and O–H groups in total. The molecule has 3 heteroatoms. The molecular formula is C17H21BrN2. The monoisotopic (exact) mass is 332 g/mol. The van der Waals surface area contributed by atoms with Gasteiger partial charge in [-0.3, -0.25) is 0 Å². The Hall–Kier alpha value is -1.32. The van der Waals surface area contributed by atoms with Gasteiger partial charge in [-0.05, 0) is 50.7 Å². The van der Waals surface area contributed by atoms with Gasteiger partial charge in [-0.2, -0.15) is 0 Å². The number of nitrogens with zero attached hydrogens (tertiary/aromatic N) is 1. The summed E-state index contributed by atoms with van der Waals surface area (Å²) in [6.07, 6.45) is 0. The van der Waals surface area contributed by atoms with Crippen LogP contribution < -0.4 is 10.2 Å². The van der Waals surface area contributed by atoms with E-state index < -0.39 is 0 Å². The summed E-state index contributed by atoms with van der Waals surface area (Å²) in [5.41, 5.74) is 4.92. The summed E-state index contributed by atoms with van der Waals surface area (Å²) in [5.74, 6) is 0. The summed E-state index contributed by atoms with van der Waals surface area (Å²) in [6, 6.07) is 15.4. The molecule has 0 fully saturated rings. The minimum Gasteiger partial charge on any atom is -0.345 e. The van der Waals surface area contributed by atoms with Gasteiger partial charge < -0.3 is 10.2 Å². The first-order valence-electron chi connectivity index (χ1n) is 6.80. The molecule has 2 rings (SSSR count). The standard InChI is InChI=1S/C17H21BrN2/c1-12-5-7-14(8-6-12)20(4)15-9-10-16(13(2)19-3)17(18)11-15/h5-11,13,19H,1-4H3. The molecule has 0 radical (unpaired) electrons. The van der Waals surface area contributed by atoms with Crippen molar-refractivity contribution in [2.45, 2.75) is 19.9 Å². The van der Waals surface area contributed by atoms with Gasteiger partial charge in [-0.1, -0.05) is 39.7 Å². The SMILES string of the molecule is CNC(C)c1ccc(N(C)c2ccc(C)cc2)cc1Br. The Bertz CT molecular complexity index is 578. The second kappa shape index (κ2) is 6.42. The molecule has 0 heterocycles. The Morgan fingerprint density at radius 3 is 2.20 bits per heavy atom. The summed E-state index contributed by atoms with van der Waals surface area (Å²) in [4.78, 5) is 2.19. The van der Waals surface area contributed by atoms with Gasteiger partial charge in [0.25, 0.3) is 0 Å². The zero-order valence-electron chi connectivity index (χ0n) is 12.4. The van der Waals surface area contributed by atoms with Gasteiger partial charge in [0.05, 0.1) is 0 Å². The van der Waals surface area contributed by atoms with E-state index in [1.807, 2.05) is 7.05 Å². The highest BCUT2D eigenvalue weighted by Gasteiger charge is 2.10. The first kappa shape index (κ1) is 15.1. The molecule has 0 saturated heterocycles. The predicted molar refractivity (Wildman–Crippen MR) is 90.9 cm³/mol. The maximum atomic E-state index is 3.67. The van der Waals surface area contributed by atoms with Crippen LogP contribution in [0.4, 0.5) is 11.4 Å². The van der Waals surface area contributed by atoms with Crippen molar-refractivity contribution in [2.75, 3.05) is 19.0 Å². The summed E-state index contributed by atoms with van der Waals surface area (Å²) in [7, 11) is 4.07. The molecule has 2 nitrogen and oxygen atoms in total. The molecule has 1 atom stereocenters. The first-order chi connectivity index (χ1) is 9.52. The van der Waals surface area contributed by atoms with Gasteiger partial charge in [-0.15, -0.1) is 0 Å². The first-order valence-corrected chi connectivity index (χ1v) is 7.59. The number of hydrogen-bond acceptors (Lipinski definition) is 2. The van der Waals surface area contributed by atoms with Crippen molar-refractivity contribution in [3.8, 4) is 0 Å². The zero-order chi connectivity index (χ0) is 14.7. The summed E-state index contributed by atoms with van der Waals surface area (Å²) >= 11 is 3.67. The highest BCUT2D eigenvalue weighted by atomic mass is 79.9. The molecule has 0 aliphatic carbocycles. The molecule has 2 aromatic rings. The van der Waals surface area contributed by atoms with Crippen LogP contribution in [0.25, 0.3) is 0 Å². The van der Waals surface area contributed by atoms with E-state index in [0.29, 0.717) is 6.04 Å². The summed E-state index contributed by atoms with van der Waals surface area (Å²) in [6.45, 7) is 4.26. The molecular weight excluding hydrogens is 312 g/mol. The van der Waals surface area contributed by atoms with Gasteiger partial charge >= 0.3 is 0 Å². The predicted octanol–water partition coefficient (Wildman–Crippen LogP) is 4.81. The van der Waals surface area contributed by atoms with Crippen LogP contribution >= 0.6 is 15.9 Å². The number of hydrogen-bond donors (Lipinski definition) is 1. The van der Waals surface area contributed by atoms with E-state index in [1.165, 1.54) is 22.5 Å². The number of aryl methyl sites for hydroxylation is 1. The van der Waals surface area contributed by atoms with Crippen LogP contribution in [-0.4, -0.2) is 14.1 Å². The molecule has 1 unspecified atom stereocenters. The van der Waals surface area contributed by atoms with Gasteiger partial charge in [0.15, 0.2) is 0 Å². The summed E-state index contributed by atoms with van der Waals surface area (Å²) in [5, 5.41) is 3.27. The second-order valence-electron chi connectivity index (χ2n) is 5.11. The molecule has 0 spiro atoms. The second-order valence-corrected chi connectivity index (χ2v) is 5.97. The van der Waals surface area contributed by atoms with Gasteiger partial charge in [0.2, 0.25) is 0 Å². The molecule has 0 aliphatic rings. The largest absolute Gasteiger partial charge is 0.345 e. The van der Waals surface area contributed by atoms with Crippen LogP contribution in [0.15, 0.2) is 46.9 Å². The molecule has 0 bridgehead atoms. The van der Waals surface area contributed by atoms with Crippen LogP contribution in [0.5, 0.6) is 0 Å². The molecule has 0 aliphatic heterocycles. The Balaban J connectivity index is 2.29. The molecule has 106 valence electrons. The number of halogens is 1. The lowest BCUT2D eigenvalue weighted by atomic mass is 10.1. The van der Waals surface area contributed by atoms with Crippen LogP contribution in [0.2, 0.25) is 0 Å². The third-order valence-electron chi connectivity index (χ3n) is 3.69. The molecule has 0 amide bonds. The van der Waals surface area contributed by atoms with E-state index in [9.17, 15) is 0 Å². The minimum atomic E-state index is 0.336. The van der Waals surface area contributed by atoms with E-state index >= 15 is 0 Å². The van der Waals surface area contributed by atoms with Gasteiger partial charge in [-0.25, -0.2) is 0 Å². The molecule has 0 aromatic heterocycles. The topological polar surface area (TPSA) is 15.3 Å². The average Bonchev–Trinajstić information content (AvgIpc) is 2.46. The number of anilines is 2. The Morgan fingerprint density at radius 2 is 1.65 bits per heavy atom. The van der Waals surface area contributed by atoms with Crippen LogP contribution in [0, 0.1) is 6.92 Å². The highest BCUT2D eigenvalue weighted by molar-refractivity contribution is 9.10. The average molecular weight is 333 g/mol. The van der Waals surface area contributed by atoms with E-state index in [2.05, 4.69) is 89.5 Å². The van der Waals surface area contributed by atoms with E-state index in [0.717, 1.165) is 4.47 Å². The maximum absolute atomic E-state index is 3.67. The van der Waals surface area contributed by atoms with Crippen LogP contribution in [0.3, 0.4) is 0 Å². The summed E-state index contributed by atoms with van der Waals surface area (Å²) < 4.78 is 1.14. The highest BCUT2D eigenvalue weighted by Crippen LogP contribution is 2.31. The van der Waals surface area contributed by atoms with Crippen molar-refractivity contribution in [1.82, 2.24) is 5.32 Å². The number of nitrogens with one attached hydrogen (secondary N) is 1. The van der Waals surface area contributed by atoms with Crippen molar-refractivity contribution < 1.29 is 0 Å². The van der Waals surface area contributed by atoms with Crippen LogP contribution in [0.1, 0.15) is 24.1 Å². The fraction of sp³-hybridized carbons (Fsp3) is 0.294. The quantitative estimate of drug-likeness (QED) is 0.864. The fourth-order valence-corrected chi connectivity index (χ4v) is 2.86. The lowest BCUT2D eigenvalue weighted by molar-refractivity contribution is 0.649. The number of rotatable bonds is 4.